The first kappa shape index (κ1) is 21.9. The van der Waals surface area contributed by atoms with E-state index in [9.17, 15) is 14.7 Å². The molecule has 160 valence electrons. The third-order valence-corrected chi connectivity index (χ3v) is 4.59. The molecule has 3 aromatic rings. The Hall–Kier alpha value is -3.80. The van der Waals surface area contributed by atoms with Gasteiger partial charge in [-0.3, -0.25) is 9.59 Å². The summed E-state index contributed by atoms with van der Waals surface area (Å²) in [4.78, 5) is 25.2. The molecule has 6 nitrogen and oxygen atoms in total. The number of carboxylic acids is 1. The van der Waals surface area contributed by atoms with Crippen LogP contribution in [0, 0.1) is 0 Å². The highest BCUT2D eigenvalue weighted by atomic mass is 16.5. The van der Waals surface area contributed by atoms with Crippen LogP contribution in [-0.4, -0.2) is 41.6 Å². The molecule has 0 saturated heterocycles. The van der Waals surface area contributed by atoms with Gasteiger partial charge < -0.3 is 19.5 Å². The molecule has 1 amide bonds. The number of aryl methyl sites for hydroxylation is 1. The van der Waals surface area contributed by atoms with Crippen molar-refractivity contribution in [3.8, 4) is 17.2 Å². The third kappa shape index (κ3) is 7.19. The van der Waals surface area contributed by atoms with Crippen molar-refractivity contribution in [3.05, 3.63) is 90.5 Å². The van der Waals surface area contributed by atoms with Gasteiger partial charge in [-0.2, -0.15) is 0 Å². The maximum Gasteiger partial charge on any atom is 0.323 e. The van der Waals surface area contributed by atoms with E-state index in [0.29, 0.717) is 30.2 Å². The fourth-order valence-electron chi connectivity index (χ4n) is 3.07. The lowest BCUT2D eigenvalue weighted by molar-refractivity contribution is -0.145. The van der Waals surface area contributed by atoms with Crippen molar-refractivity contribution in [2.24, 2.45) is 0 Å². The zero-order valence-corrected chi connectivity index (χ0v) is 17.1. The molecule has 0 atom stereocenters. The van der Waals surface area contributed by atoms with E-state index in [1.54, 1.807) is 18.2 Å². The maximum atomic E-state index is 12.7. The number of para-hydroxylation sites is 3. The Labute approximate surface area is 181 Å². The van der Waals surface area contributed by atoms with E-state index in [1.807, 2.05) is 66.7 Å². The highest BCUT2D eigenvalue weighted by Crippen LogP contribution is 2.31. The zero-order valence-electron chi connectivity index (χ0n) is 17.1. The second-order valence-electron chi connectivity index (χ2n) is 6.95. The molecule has 3 rings (SSSR count). The summed E-state index contributed by atoms with van der Waals surface area (Å²) in [5, 5.41) is 9.19. The van der Waals surface area contributed by atoms with Crippen LogP contribution in [0.3, 0.4) is 0 Å². The molecule has 0 aromatic heterocycles. The van der Waals surface area contributed by atoms with E-state index >= 15 is 0 Å². The molecule has 0 aliphatic heterocycles. The number of hydrogen-bond acceptors (Lipinski definition) is 4. The minimum absolute atomic E-state index is 0.270. The first-order chi connectivity index (χ1) is 15.1. The number of hydrogen-bond donors (Lipinski definition) is 1. The summed E-state index contributed by atoms with van der Waals surface area (Å²) in [6.07, 6.45) is 1.43. The average Bonchev–Trinajstić information content (AvgIpc) is 2.79. The monoisotopic (exact) mass is 419 g/mol. The molecule has 0 heterocycles. The van der Waals surface area contributed by atoms with Gasteiger partial charge >= 0.3 is 5.97 Å². The molecule has 0 aliphatic rings. The lowest BCUT2D eigenvalue weighted by atomic mass is 10.1. The van der Waals surface area contributed by atoms with Crippen molar-refractivity contribution in [3.63, 3.8) is 0 Å². The highest BCUT2D eigenvalue weighted by molar-refractivity contribution is 5.82. The summed E-state index contributed by atoms with van der Waals surface area (Å²) in [5.41, 5.74) is 1.15. The van der Waals surface area contributed by atoms with Gasteiger partial charge in [-0.1, -0.05) is 60.7 Å². The largest absolute Gasteiger partial charge is 0.480 e. The fourth-order valence-corrected chi connectivity index (χ4v) is 3.07. The Morgan fingerprint density at radius 2 is 1.42 bits per heavy atom. The summed E-state index contributed by atoms with van der Waals surface area (Å²) in [7, 11) is 0. The quantitative estimate of drug-likeness (QED) is 0.498. The second kappa shape index (κ2) is 11.4. The van der Waals surface area contributed by atoms with Crippen LogP contribution in [0.25, 0.3) is 0 Å². The second-order valence-corrected chi connectivity index (χ2v) is 6.95. The van der Waals surface area contributed by atoms with Gasteiger partial charge in [0.25, 0.3) is 5.91 Å². The van der Waals surface area contributed by atoms with E-state index in [0.717, 1.165) is 12.0 Å². The first-order valence-electron chi connectivity index (χ1n) is 10.1. The first-order valence-corrected chi connectivity index (χ1v) is 10.1. The number of rotatable bonds is 11. The van der Waals surface area contributed by atoms with Crippen molar-refractivity contribution in [1.82, 2.24) is 4.90 Å². The van der Waals surface area contributed by atoms with Gasteiger partial charge in [0.05, 0.1) is 0 Å². The highest BCUT2D eigenvalue weighted by Gasteiger charge is 2.18. The van der Waals surface area contributed by atoms with E-state index in [-0.39, 0.29) is 19.1 Å². The predicted molar refractivity (Wildman–Crippen MR) is 117 cm³/mol. The standard InChI is InChI=1S/C25H25NO5/c27-24(26(18-25(28)29)17-9-12-20-10-3-1-4-11-20)19-30-22-15-7-8-16-23(22)31-21-13-5-2-6-14-21/h1-8,10-11,13-16H,9,12,17-19H2,(H,28,29). The Kier molecular flexibility index (Phi) is 8.05. The molecule has 1 N–H and O–H groups in total. The molecule has 0 aliphatic carbocycles. The summed E-state index contributed by atoms with van der Waals surface area (Å²) in [6.45, 7) is -0.293. The summed E-state index contributed by atoms with van der Waals surface area (Å²) < 4.78 is 11.5. The topological polar surface area (TPSA) is 76.1 Å². The van der Waals surface area contributed by atoms with Crippen LogP contribution in [0.2, 0.25) is 0 Å². The van der Waals surface area contributed by atoms with E-state index in [4.69, 9.17) is 9.47 Å². The molecule has 3 aromatic carbocycles. The Bertz CT molecular complexity index is 975. The van der Waals surface area contributed by atoms with Gasteiger partial charge in [-0.25, -0.2) is 0 Å². The predicted octanol–water partition coefficient (Wildman–Crippen LogP) is 4.40. The van der Waals surface area contributed by atoms with E-state index in [2.05, 4.69) is 0 Å². The van der Waals surface area contributed by atoms with E-state index in [1.165, 1.54) is 4.90 Å². The number of aliphatic carboxylic acids is 1. The normalized spacial score (nSPS) is 10.3. The molecular formula is C25H25NO5. The van der Waals surface area contributed by atoms with Crippen LogP contribution < -0.4 is 9.47 Å². The van der Waals surface area contributed by atoms with Gasteiger partial charge in [0, 0.05) is 6.54 Å². The maximum absolute atomic E-state index is 12.7. The lowest BCUT2D eigenvalue weighted by Crippen LogP contribution is -2.39. The molecule has 6 heteroatoms. The molecule has 0 fully saturated rings. The molecular weight excluding hydrogens is 394 g/mol. The molecule has 0 spiro atoms. The number of carboxylic acid groups (broad SMARTS) is 1. The molecule has 31 heavy (non-hydrogen) atoms. The van der Waals surface area contributed by atoms with Crippen molar-refractivity contribution in [1.29, 1.82) is 0 Å². The van der Waals surface area contributed by atoms with Gasteiger partial charge in [0.15, 0.2) is 18.1 Å². The number of nitrogens with zero attached hydrogens (tertiary/aromatic N) is 1. The average molecular weight is 419 g/mol. The van der Waals surface area contributed by atoms with Crippen molar-refractivity contribution in [2.45, 2.75) is 12.8 Å². The summed E-state index contributed by atoms with van der Waals surface area (Å²) >= 11 is 0. The smallest absolute Gasteiger partial charge is 0.323 e. The SMILES string of the molecule is O=C(O)CN(CCCc1ccccc1)C(=O)COc1ccccc1Oc1ccccc1. The fraction of sp³-hybridized carbons (Fsp3) is 0.200. The number of amides is 1. The van der Waals surface area contributed by atoms with Crippen LogP contribution in [0.1, 0.15) is 12.0 Å². The van der Waals surface area contributed by atoms with Crippen LogP contribution >= 0.6 is 0 Å². The van der Waals surface area contributed by atoms with Crippen LogP contribution in [0.15, 0.2) is 84.9 Å². The van der Waals surface area contributed by atoms with E-state index < -0.39 is 5.97 Å². The molecule has 0 bridgehead atoms. The Morgan fingerprint density at radius 1 is 0.806 bits per heavy atom. The number of carbonyl (C=O) groups is 2. The Balaban J connectivity index is 1.58. The minimum atomic E-state index is -1.05. The van der Waals surface area contributed by atoms with Crippen molar-refractivity contribution >= 4 is 11.9 Å². The van der Waals surface area contributed by atoms with Crippen LogP contribution in [-0.2, 0) is 16.0 Å². The number of benzene rings is 3. The molecule has 0 unspecified atom stereocenters. The third-order valence-electron chi connectivity index (χ3n) is 4.59. The number of carbonyl (C=O) groups excluding carboxylic acids is 1. The van der Waals surface area contributed by atoms with Crippen LogP contribution in [0.5, 0.6) is 17.2 Å². The number of ether oxygens (including phenoxy) is 2. The van der Waals surface area contributed by atoms with Gasteiger partial charge in [0.1, 0.15) is 12.3 Å². The van der Waals surface area contributed by atoms with Gasteiger partial charge in [-0.05, 0) is 42.7 Å². The van der Waals surface area contributed by atoms with Crippen molar-refractivity contribution < 1.29 is 24.2 Å². The Morgan fingerprint density at radius 3 is 2.10 bits per heavy atom. The lowest BCUT2D eigenvalue weighted by Gasteiger charge is -2.21. The van der Waals surface area contributed by atoms with Gasteiger partial charge in [-0.15, -0.1) is 0 Å². The minimum Gasteiger partial charge on any atom is -0.480 e. The van der Waals surface area contributed by atoms with Crippen molar-refractivity contribution in [2.75, 3.05) is 19.7 Å². The molecule has 0 saturated carbocycles. The van der Waals surface area contributed by atoms with Gasteiger partial charge in [0.2, 0.25) is 0 Å². The summed E-state index contributed by atoms with van der Waals surface area (Å²) in [5.74, 6) is 0.110. The zero-order chi connectivity index (χ0) is 21.9. The summed E-state index contributed by atoms with van der Waals surface area (Å²) in [6, 6.07) is 26.2. The van der Waals surface area contributed by atoms with Crippen LogP contribution in [0.4, 0.5) is 0 Å². The molecule has 0 radical (unpaired) electrons.